The van der Waals surface area contributed by atoms with E-state index in [-0.39, 0.29) is 23.8 Å². The normalized spacial score (nSPS) is 13.3. The van der Waals surface area contributed by atoms with Crippen molar-refractivity contribution in [3.8, 4) is 0 Å². The van der Waals surface area contributed by atoms with Crippen LogP contribution in [0.25, 0.3) is 0 Å². The number of hydrogen-bond acceptors (Lipinski definition) is 4. The highest BCUT2D eigenvalue weighted by molar-refractivity contribution is 5.99. The van der Waals surface area contributed by atoms with E-state index in [0.29, 0.717) is 6.54 Å². The van der Waals surface area contributed by atoms with Gasteiger partial charge in [0.15, 0.2) is 6.61 Å². The Bertz CT molecular complexity index is 792. The van der Waals surface area contributed by atoms with Gasteiger partial charge in [-0.25, -0.2) is 9.18 Å². The molecule has 2 aromatic carbocycles. The molecule has 124 valence electrons. The smallest absolute Gasteiger partial charge is 0.340 e. The molecule has 3 rings (SSSR count). The maximum absolute atomic E-state index is 13.0. The van der Waals surface area contributed by atoms with Crippen molar-refractivity contribution < 1.29 is 18.7 Å². The lowest BCUT2D eigenvalue weighted by atomic mass is 10.0. The second kappa shape index (κ2) is 6.70. The van der Waals surface area contributed by atoms with Gasteiger partial charge in [-0.15, -0.1) is 0 Å². The number of nitrogen functional groups attached to an aromatic ring is 1. The molecular weight excluding hydrogens is 311 g/mol. The molecule has 0 radical (unpaired) electrons. The highest BCUT2D eigenvalue weighted by Gasteiger charge is 2.23. The van der Waals surface area contributed by atoms with Crippen LogP contribution in [0.15, 0.2) is 42.5 Å². The summed E-state index contributed by atoms with van der Waals surface area (Å²) in [6, 6.07) is 11.1. The average Bonchev–Trinajstić information content (AvgIpc) is 2.59. The van der Waals surface area contributed by atoms with Crippen LogP contribution in [0.1, 0.15) is 22.3 Å². The molecule has 0 bridgehead atoms. The first-order valence-electron chi connectivity index (χ1n) is 7.66. The average molecular weight is 328 g/mol. The first-order valence-corrected chi connectivity index (χ1v) is 7.66. The van der Waals surface area contributed by atoms with E-state index in [4.69, 9.17) is 10.5 Å². The number of esters is 1. The standard InChI is InChI=1S/C18H17FN2O3/c19-13-7-8-14(15(20)10-13)18(23)24-11-17(22)21-9-3-5-12-4-1-2-6-16(12)21/h1-2,4,6-8,10H,3,5,9,11,20H2. The van der Waals surface area contributed by atoms with Crippen molar-refractivity contribution >= 4 is 23.3 Å². The van der Waals surface area contributed by atoms with Gasteiger partial charge in [-0.05, 0) is 42.7 Å². The summed E-state index contributed by atoms with van der Waals surface area (Å²) >= 11 is 0. The van der Waals surface area contributed by atoms with Crippen molar-refractivity contribution in [2.24, 2.45) is 0 Å². The first-order chi connectivity index (χ1) is 11.6. The molecule has 2 aromatic rings. The van der Waals surface area contributed by atoms with Crippen molar-refractivity contribution in [2.45, 2.75) is 12.8 Å². The molecule has 0 saturated heterocycles. The third kappa shape index (κ3) is 3.22. The molecule has 1 heterocycles. The zero-order valence-corrected chi connectivity index (χ0v) is 13.0. The molecule has 0 aromatic heterocycles. The fourth-order valence-corrected chi connectivity index (χ4v) is 2.80. The quantitative estimate of drug-likeness (QED) is 0.694. The summed E-state index contributed by atoms with van der Waals surface area (Å²) in [7, 11) is 0. The minimum Gasteiger partial charge on any atom is -0.452 e. The Hall–Kier alpha value is -2.89. The van der Waals surface area contributed by atoms with E-state index in [1.54, 1.807) is 4.90 Å². The van der Waals surface area contributed by atoms with Crippen LogP contribution in [0, 0.1) is 5.82 Å². The summed E-state index contributed by atoms with van der Waals surface area (Å²) in [4.78, 5) is 26.0. The number of fused-ring (bicyclic) bond motifs is 1. The van der Waals surface area contributed by atoms with Gasteiger partial charge in [0.25, 0.3) is 5.91 Å². The lowest BCUT2D eigenvalue weighted by Crippen LogP contribution is -2.38. The van der Waals surface area contributed by atoms with Crippen molar-refractivity contribution in [1.29, 1.82) is 0 Å². The van der Waals surface area contributed by atoms with Gasteiger partial charge in [0.1, 0.15) is 5.82 Å². The second-order valence-corrected chi connectivity index (χ2v) is 5.59. The van der Waals surface area contributed by atoms with Crippen LogP contribution < -0.4 is 10.6 Å². The molecule has 24 heavy (non-hydrogen) atoms. The molecule has 0 saturated carbocycles. The number of nitrogens with zero attached hydrogens (tertiary/aromatic N) is 1. The summed E-state index contributed by atoms with van der Waals surface area (Å²) in [6.45, 7) is 0.204. The predicted octanol–water partition coefficient (Wildman–Crippen LogP) is 2.54. The number of para-hydroxylation sites is 1. The summed E-state index contributed by atoms with van der Waals surface area (Å²) in [5.41, 5.74) is 7.58. The fourth-order valence-electron chi connectivity index (χ4n) is 2.80. The number of anilines is 2. The van der Waals surface area contributed by atoms with E-state index < -0.39 is 11.8 Å². The Morgan fingerprint density at radius 3 is 2.79 bits per heavy atom. The number of halogens is 1. The van der Waals surface area contributed by atoms with Crippen LogP contribution >= 0.6 is 0 Å². The van der Waals surface area contributed by atoms with Gasteiger partial charge in [-0.2, -0.15) is 0 Å². The summed E-state index contributed by atoms with van der Waals surface area (Å²) < 4.78 is 18.1. The van der Waals surface area contributed by atoms with Gasteiger partial charge in [0.2, 0.25) is 0 Å². The van der Waals surface area contributed by atoms with Crippen molar-refractivity contribution in [3.63, 3.8) is 0 Å². The highest BCUT2D eigenvalue weighted by Crippen LogP contribution is 2.26. The second-order valence-electron chi connectivity index (χ2n) is 5.59. The lowest BCUT2D eigenvalue weighted by Gasteiger charge is -2.29. The number of aryl methyl sites for hydroxylation is 1. The Kier molecular flexibility index (Phi) is 4.46. The third-order valence-corrected chi connectivity index (χ3v) is 3.97. The van der Waals surface area contributed by atoms with E-state index in [1.165, 1.54) is 6.07 Å². The minimum atomic E-state index is -0.744. The van der Waals surface area contributed by atoms with Crippen LogP contribution in [-0.2, 0) is 16.0 Å². The topological polar surface area (TPSA) is 72.6 Å². The zero-order chi connectivity index (χ0) is 17.1. The molecule has 1 aliphatic rings. The number of carbonyl (C=O) groups is 2. The lowest BCUT2D eigenvalue weighted by molar-refractivity contribution is -0.121. The minimum absolute atomic E-state index is 0.0178. The number of hydrogen-bond donors (Lipinski definition) is 1. The van der Waals surface area contributed by atoms with E-state index in [0.717, 1.165) is 36.2 Å². The monoisotopic (exact) mass is 328 g/mol. The van der Waals surface area contributed by atoms with E-state index in [1.807, 2.05) is 24.3 Å². The molecule has 0 unspecified atom stereocenters. The van der Waals surface area contributed by atoms with E-state index in [9.17, 15) is 14.0 Å². The molecule has 1 amide bonds. The van der Waals surface area contributed by atoms with Gasteiger partial charge >= 0.3 is 5.97 Å². The Morgan fingerprint density at radius 2 is 2.00 bits per heavy atom. The van der Waals surface area contributed by atoms with Crippen LogP contribution in [0.5, 0.6) is 0 Å². The molecule has 1 aliphatic heterocycles. The first kappa shape index (κ1) is 16.0. The molecule has 6 heteroatoms. The van der Waals surface area contributed by atoms with Crippen LogP contribution in [0.2, 0.25) is 0 Å². The molecule has 2 N–H and O–H groups in total. The predicted molar refractivity (Wildman–Crippen MR) is 88.2 cm³/mol. The number of amides is 1. The number of rotatable bonds is 3. The molecule has 5 nitrogen and oxygen atoms in total. The summed E-state index contributed by atoms with van der Waals surface area (Å²) in [5, 5.41) is 0. The molecule has 0 aliphatic carbocycles. The maximum Gasteiger partial charge on any atom is 0.340 e. The largest absolute Gasteiger partial charge is 0.452 e. The SMILES string of the molecule is Nc1cc(F)ccc1C(=O)OCC(=O)N1CCCc2ccccc21. The fraction of sp³-hybridized carbons (Fsp3) is 0.222. The van der Waals surface area contributed by atoms with Gasteiger partial charge in [-0.1, -0.05) is 18.2 Å². The van der Waals surface area contributed by atoms with Crippen LogP contribution in [-0.4, -0.2) is 25.0 Å². The third-order valence-electron chi connectivity index (χ3n) is 3.97. The van der Waals surface area contributed by atoms with Crippen molar-refractivity contribution in [2.75, 3.05) is 23.8 Å². The van der Waals surface area contributed by atoms with Gasteiger partial charge in [-0.3, -0.25) is 4.79 Å². The Morgan fingerprint density at radius 1 is 1.21 bits per heavy atom. The molecule has 0 atom stereocenters. The number of nitrogens with two attached hydrogens (primary N) is 1. The van der Waals surface area contributed by atoms with E-state index in [2.05, 4.69) is 0 Å². The number of carbonyl (C=O) groups excluding carboxylic acids is 2. The number of ether oxygens (including phenoxy) is 1. The van der Waals surface area contributed by atoms with Crippen LogP contribution in [0.4, 0.5) is 15.8 Å². The summed E-state index contributed by atoms with van der Waals surface area (Å²) in [6.07, 6.45) is 1.79. The zero-order valence-electron chi connectivity index (χ0n) is 13.0. The Labute approximate surface area is 138 Å². The molecular formula is C18H17FN2O3. The van der Waals surface area contributed by atoms with Gasteiger partial charge in [0.05, 0.1) is 5.56 Å². The molecule has 0 fully saturated rings. The molecule has 0 spiro atoms. The van der Waals surface area contributed by atoms with Gasteiger partial charge < -0.3 is 15.4 Å². The number of benzene rings is 2. The van der Waals surface area contributed by atoms with Crippen molar-refractivity contribution in [3.05, 3.63) is 59.4 Å². The Balaban J connectivity index is 1.67. The summed E-state index contributed by atoms with van der Waals surface area (Å²) in [5.74, 6) is -1.58. The van der Waals surface area contributed by atoms with E-state index >= 15 is 0 Å². The van der Waals surface area contributed by atoms with Gasteiger partial charge in [0, 0.05) is 17.9 Å². The van der Waals surface area contributed by atoms with Crippen molar-refractivity contribution in [1.82, 2.24) is 0 Å². The van der Waals surface area contributed by atoms with Crippen LogP contribution in [0.3, 0.4) is 0 Å². The maximum atomic E-state index is 13.0. The highest BCUT2D eigenvalue weighted by atomic mass is 19.1.